The minimum absolute atomic E-state index is 0.120. The summed E-state index contributed by atoms with van der Waals surface area (Å²) in [5, 5.41) is 20.7. The minimum atomic E-state index is -4.02. The molecule has 1 aromatic rings. The van der Waals surface area contributed by atoms with E-state index >= 15 is 0 Å². The molecule has 13 nitrogen and oxygen atoms in total. The van der Waals surface area contributed by atoms with E-state index in [-0.39, 0.29) is 36.6 Å². The normalized spacial score (nSPS) is 22.8. The monoisotopic (exact) mass is 538 g/mol. The molecule has 2 heterocycles. The molecule has 0 saturated carbocycles. The molecule has 37 heavy (non-hydrogen) atoms. The number of hydrogen-bond donors (Lipinski definition) is 5. The lowest BCUT2D eigenvalue weighted by molar-refractivity contribution is -0.137. The van der Waals surface area contributed by atoms with Crippen LogP contribution in [0.15, 0.2) is 24.3 Å². The number of carbonyl (C=O) groups excluding carboxylic acids is 3. The van der Waals surface area contributed by atoms with E-state index < -0.39 is 51.9 Å². The number of benzene rings is 1. The molecular formula is C23H34N6O7S. The zero-order valence-electron chi connectivity index (χ0n) is 20.7. The molecule has 3 atom stereocenters. The molecule has 0 spiro atoms. The summed E-state index contributed by atoms with van der Waals surface area (Å²) in [5.41, 5.74) is 5.84. The lowest BCUT2D eigenvalue weighted by atomic mass is 10.0. The topological polar surface area (TPSA) is 195 Å². The number of aliphatic hydroxyl groups excluding tert-OH is 1. The first-order valence-corrected chi connectivity index (χ1v) is 13.7. The van der Waals surface area contributed by atoms with E-state index in [0.717, 1.165) is 0 Å². The molecule has 2 amide bonds. The fourth-order valence-electron chi connectivity index (χ4n) is 4.61. The van der Waals surface area contributed by atoms with Gasteiger partial charge in [-0.15, -0.1) is 0 Å². The first-order chi connectivity index (χ1) is 17.5. The molecule has 2 fully saturated rings. The van der Waals surface area contributed by atoms with Crippen molar-refractivity contribution in [3.63, 3.8) is 0 Å². The summed E-state index contributed by atoms with van der Waals surface area (Å²) < 4.78 is 33.0. The van der Waals surface area contributed by atoms with E-state index in [1.54, 1.807) is 12.1 Å². The Hall–Kier alpha value is -3.23. The second-order valence-corrected chi connectivity index (χ2v) is 10.9. The quantitative estimate of drug-likeness (QED) is 0.158. The molecule has 0 aromatic heterocycles. The molecule has 0 bridgehead atoms. The summed E-state index contributed by atoms with van der Waals surface area (Å²) >= 11 is 0. The molecular weight excluding hydrogens is 504 g/mol. The maximum atomic E-state index is 13.2. The Kier molecular flexibility index (Phi) is 9.45. The molecule has 0 aliphatic carbocycles. The van der Waals surface area contributed by atoms with Crippen LogP contribution < -0.4 is 15.8 Å². The van der Waals surface area contributed by atoms with Crippen LogP contribution in [-0.2, 0) is 30.1 Å². The fourth-order valence-corrected chi connectivity index (χ4v) is 6.00. The number of ether oxygens (including phenoxy) is 1. The van der Waals surface area contributed by atoms with Crippen molar-refractivity contribution >= 4 is 33.8 Å². The van der Waals surface area contributed by atoms with E-state index in [4.69, 9.17) is 15.9 Å². The molecule has 1 aromatic carbocycles. The number of amides is 2. The van der Waals surface area contributed by atoms with Gasteiger partial charge in [-0.25, -0.2) is 17.9 Å². The molecule has 1 unspecified atom stereocenters. The van der Waals surface area contributed by atoms with Gasteiger partial charge in [0.25, 0.3) is 0 Å². The first-order valence-electron chi connectivity index (χ1n) is 12.1. The van der Waals surface area contributed by atoms with Gasteiger partial charge in [0, 0.05) is 13.1 Å². The number of piperidine rings is 1. The van der Waals surface area contributed by atoms with Crippen LogP contribution in [-0.4, -0.2) is 92.1 Å². The van der Waals surface area contributed by atoms with Crippen LogP contribution >= 0.6 is 0 Å². The number of carbonyl (C=O) groups is 3. The standard InChI is InChI=1S/C23H34N6O7S/c1-36-22(33)16-8-3-2-7-15(16)14-37(34,35)27-18-9-4-5-11-28(20(18)31)13-19(30)26-17-10-6-12-29(21(17)32)23(24)25/h2-3,7-8,17-18,21,27,32H,4-6,9-14H2,1H3,(H3,24,25)(H,26,30)/t17-,18-,21?/m0/s1. The highest BCUT2D eigenvalue weighted by molar-refractivity contribution is 7.88. The molecule has 2 aliphatic heterocycles. The van der Waals surface area contributed by atoms with Gasteiger partial charge in [0.1, 0.15) is 12.3 Å². The van der Waals surface area contributed by atoms with E-state index in [9.17, 15) is 27.9 Å². The average molecular weight is 539 g/mol. The number of nitrogens with one attached hydrogen (secondary N) is 3. The van der Waals surface area contributed by atoms with Crippen molar-refractivity contribution < 1.29 is 32.6 Å². The van der Waals surface area contributed by atoms with E-state index in [2.05, 4.69) is 10.0 Å². The zero-order valence-corrected chi connectivity index (χ0v) is 21.5. The van der Waals surface area contributed by atoms with Crippen molar-refractivity contribution in [3.05, 3.63) is 35.4 Å². The molecule has 6 N–H and O–H groups in total. The highest BCUT2D eigenvalue weighted by Crippen LogP contribution is 2.18. The van der Waals surface area contributed by atoms with E-state index in [1.807, 2.05) is 0 Å². The number of nitrogens with zero attached hydrogens (tertiary/aromatic N) is 2. The van der Waals surface area contributed by atoms with Crippen molar-refractivity contribution in [3.8, 4) is 0 Å². The van der Waals surface area contributed by atoms with Crippen molar-refractivity contribution in [2.45, 2.75) is 56.2 Å². The Morgan fingerprint density at radius 2 is 1.92 bits per heavy atom. The summed E-state index contributed by atoms with van der Waals surface area (Å²) in [5.74, 6) is -2.50. The van der Waals surface area contributed by atoms with Crippen LogP contribution in [0, 0.1) is 5.41 Å². The van der Waals surface area contributed by atoms with Gasteiger partial charge in [-0.3, -0.25) is 15.0 Å². The Morgan fingerprint density at radius 1 is 1.19 bits per heavy atom. The van der Waals surface area contributed by atoms with Crippen LogP contribution in [0.25, 0.3) is 0 Å². The molecule has 2 saturated heterocycles. The summed E-state index contributed by atoms with van der Waals surface area (Å²) in [4.78, 5) is 40.5. The number of rotatable bonds is 8. The van der Waals surface area contributed by atoms with Crippen LogP contribution in [0.2, 0.25) is 0 Å². The Morgan fingerprint density at radius 3 is 2.62 bits per heavy atom. The number of likely N-dealkylation sites (tertiary alicyclic amines) is 2. The zero-order chi connectivity index (χ0) is 27.2. The number of nitrogens with two attached hydrogens (primary N) is 1. The highest BCUT2D eigenvalue weighted by atomic mass is 32.2. The van der Waals surface area contributed by atoms with Crippen molar-refractivity contribution in [2.75, 3.05) is 26.7 Å². The molecule has 14 heteroatoms. The summed E-state index contributed by atoms with van der Waals surface area (Å²) in [6, 6.07) is 4.46. The third-order valence-electron chi connectivity index (χ3n) is 6.45. The average Bonchev–Trinajstić information content (AvgIpc) is 3.00. The Balaban J connectivity index is 1.64. The number of aliphatic hydroxyl groups is 1. The van der Waals surface area contributed by atoms with Gasteiger partial charge in [-0.1, -0.05) is 18.2 Å². The molecule has 0 radical (unpaired) electrons. The summed E-state index contributed by atoms with van der Waals surface area (Å²) in [6.07, 6.45) is 1.39. The molecule has 3 rings (SSSR count). The summed E-state index contributed by atoms with van der Waals surface area (Å²) in [7, 11) is -2.82. The van der Waals surface area contributed by atoms with Crippen LogP contribution in [0.5, 0.6) is 0 Å². The van der Waals surface area contributed by atoms with Crippen LogP contribution in [0.1, 0.15) is 48.0 Å². The Labute approximate surface area is 215 Å². The van der Waals surface area contributed by atoms with Gasteiger partial charge in [-0.05, 0) is 43.7 Å². The van der Waals surface area contributed by atoms with Gasteiger partial charge in [0.15, 0.2) is 5.96 Å². The van der Waals surface area contributed by atoms with Gasteiger partial charge in [-0.2, -0.15) is 0 Å². The van der Waals surface area contributed by atoms with Gasteiger partial charge in [0.05, 0.1) is 31.0 Å². The van der Waals surface area contributed by atoms with Gasteiger partial charge < -0.3 is 30.7 Å². The first kappa shape index (κ1) is 28.3. The lowest BCUT2D eigenvalue weighted by Gasteiger charge is -2.38. The van der Waals surface area contributed by atoms with Gasteiger partial charge in [0.2, 0.25) is 21.8 Å². The second-order valence-electron chi connectivity index (χ2n) is 9.14. The number of esters is 1. The van der Waals surface area contributed by atoms with Crippen molar-refractivity contribution in [2.24, 2.45) is 5.73 Å². The summed E-state index contributed by atoms with van der Waals surface area (Å²) in [6.45, 7) is 0.382. The Bertz CT molecular complexity index is 1130. The third-order valence-corrected chi connectivity index (χ3v) is 7.79. The molecule has 2 aliphatic rings. The molecule has 204 valence electrons. The number of hydrogen-bond acceptors (Lipinski definition) is 8. The maximum absolute atomic E-state index is 13.2. The van der Waals surface area contributed by atoms with E-state index in [1.165, 1.54) is 29.0 Å². The number of guanidine groups is 1. The van der Waals surface area contributed by atoms with Crippen molar-refractivity contribution in [1.82, 2.24) is 19.8 Å². The van der Waals surface area contributed by atoms with Crippen LogP contribution in [0.4, 0.5) is 0 Å². The third kappa shape index (κ3) is 7.40. The highest BCUT2D eigenvalue weighted by Gasteiger charge is 2.34. The second kappa shape index (κ2) is 12.3. The van der Waals surface area contributed by atoms with Crippen LogP contribution in [0.3, 0.4) is 0 Å². The number of sulfonamides is 1. The predicted molar refractivity (Wildman–Crippen MR) is 134 cm³/mol. The number of methoxy groups -OCH3 is 1. The maximum Gasteiger partial charge on any atom is 0.338 e. The van der Waals surface area contributed by atoms with Crippen molar-refractivity contribution in [1.29, 1.82) is 5.41 Å². The minimum Gasteiger partial charge on any atom is -0.465 e. The van der Waals surface area contributed by atoms with E-state index in [0.29, 0.717) is 32.2 Å². The SMILES string of the molecule is COC(=O)c1ccccc1CS(=O)(=O)N[C@H]1CCCCN(CC(=O)N[C@H]2CCCN(C(=N)N)C2O)C1=O. The fraction of sp³-hybridized carbons (Fsp3) is 0.565. The smallest absolute Gasteiger partial charge is 0.338 e. The largest absolute Gasteiger partial charge is 0.465 e. The lowest BCUT2D eigenvalue weighted by Crippen LogP contribution is -2.59. The van der Waals surface area contributed by atoms with Gasteiger partial charge >= 0.3 is 5.97 Å². The predicted octanol–water partition coefficient (Wildman–Crippen LogP) is -0.934.